The lowest BCUT2D eigenvalue weighted by molar-refractivity contribution is 0.550. The van der Waals surface area contributed by atoms with Crippen LogP contribution in [0.15, 0.2) is 42.5 Å². The number of hydrogen-bond donors (Lipinski definition) is 1. The molecule has 0 bridgehead atoms. The molecular formula is C18H21Cl2N. The van der Waals surface area contributed by atoms with Gasteiger partial charge in [0.2, 0.25) is 0 Å². The molecule has 112 valence electrons. The molecule has 0 saturated heterocycles. The van der Waals surface area contributed by atoms with E-state index in [-0.39, 0.29) is 6.04 Å². The number of benzene rings is 2. The van der Waals surface area contributed by atoms with Crippen LogP contribution in [0.25, 0.3) is 0 Å². The van der Waals surface area contributed by atoms with E-state index in [1.165, 1.54) is 11.1 Å². The maximum Gasteiger partial charge on any atom is 0.0468 e. The van der Waals surface area contributed by atoms with Crippen LogP contribution in [0.1, 0.15) is 36.6 Å². The molecule has 2 aromatic carbocycles. The molecule has 0 spiro atoms. The maximum atomic E-state index is 6.35. The largest absolute Gasteiger partial charge is 0.310 e. The van der Waals surface area contributed by atoms with E-state index in [0.717, 1.165) is 30.0 Å². The summed E-state index contributed by atoms with van der Waals surface area (Å²) in [5.41, 5.74) is 3.77. The lowest BCUT2D eigenvalue weighted by atomic mass is 9.97. The summed E-state index contributed by atoms with van der Waals surface area (Å²) in [4.78, 5) is 0. The van der Waals surface area contributed by atoms with Crippen LogP contribution in [-0.4, -0.2) is 6.54 Å². The molecule has 1 unspecified atom stereocenters. The lowest BCUT2D eigenvalue weighted by Crippen LogP contribution is -2.23. The predicted molar refractivity (Wildman–Crippen MR) is 92.4 cm³/mol. The van der Waals surface area contributed by atoms with E-state index in [0.29, 0.717) is 5.02 Å². The van der Waals surface area contributed by atoms with Gasteiger partial charge < -0.3 is 5.32 Å². The summed E-state index contributed by atoms with van der Waals surface area (Å²) in [6, 6.07) is 14.7. The molecule has 3 heteroatoms. The number of rotatable bonds is 6. The maximum absolute atomic E-state index is 6.35. The molecule has 0 aliphatic rings. The molecule has 2 aromatic rings. The van der Waals surface area contributed by atoms with E-state index in [4.69, 9.17) is 23.2 Å². The molecule has 0 fully saturated rings. The third-order valence-electron chi connectivity index (χ3n) is 3.66. The summed E-state index contributed by atoms with van der Waals surface area (Å²) < 4.78 is 0. The first kappa shape index (κ1) is 16.4. The van der Waals surface area contributed by atoms with Gasteiger partial charge in [0.1, 0.15) is 0 Å². The minimum atomic E-state index is 0.201. The Hall–Kier alpha value is -1.02. The molecule has 0 saturated carbocycles. The second-order valence-electron chi connectivity index (χ2n) is 5.15. The monoisotopic (exact) mass is 321 g/mol. The van der Waals surface area contributed by atoms with Gasteiger partial charge in [-0.15, -0.1) is 0 Å². The van der Waals surface area contributed by atoms with Gasteiger partial charge in [-0.1, -0.05) is 67.4 Å². The molecule has 0 amide bonds. The zero-order valence-electron chi connectivity index (χ0n) is 12.5. The van der Waals surface area contributed by atoms with Crippen molar-refractivity contribution in [3.8, 4) is 0 Å². The molecule has 0 aliphatic heterocycles. The van der Waals surface area contributed by atoms with Gasteiger partial charge in [0, 0.05) is 16.1 Å². The van der Waals surface area contributed by atoms with Crippen molar-refractivity contribution in [2.45, 2.75) is 32.7 Å². The van der Waals surface area contributed by atoms with Crippen molar-refractivity contribution < 1.29 is 0 Å². The van der Waals surface area contributed by atoms with Crippen molar-refractivity contribution in [2.24, 2.45) is 0 Å². The van der Waals surface area contributed by atoms with Gasteiger partial charge in [-0.05, 0) is 48.2 Å². The van der Waals surface area contributed by atoms with Crippen LogP contribution in [0.3, 0.4) is 0 Å². The molecule has 1 nitrogen and oxygen atoms in total. The topological polar surface area (TPSA) is 12.0 Å². The van der Waals surface area contributed by atoms with Gasteiger partial charge in [-0.25, -0.2) is 0 Å². The summed E-state index contributed by atoms with van der Waals surface area (Å²) in [6.45, 7) is 5.18. The van der Waals surface area contributed by atoms with Crippen molar-refractivity contribution in [3.63, 3.8) is 0 Å². The minimum Gasteiger partial charge on any atom is -0.310 e. The van der Waals surface area contributed by atoms with Crippen LogP contribution < -0.4 is 5.32 Å². The van der Waals surface area contributed by atoms with E-state index >= 15 is 0 Å². The average molecular weight is 322 g/mol. The minimum absolute atomic E-state index is 0.201. The summed E-state index contributed by atoms with van der Waals surface area (Å²) in [6.07, 6.45) is 1.99. The highest BCUT2D eigenvalue weighted by atomic mass is 35.5. The Morgan fingerprint density at radius 2 is 1.62 bits per heavy atom. The van der Waals surface area contributed by atoms with Crippen LogP contribution in [0.5, 0.6) is 0 Å². The highest BCUT2D eigenvalue weighted by molar-refractivity contribution is 6.35. The fraction of sp³-hybridized carbons (Fsp3) is 0.333. The van der Waals surface area contributed by atoms with Gasteiger partial charge in [0.25, 0.3) is 0 Å². The predicted octanol–water partition coefficient (Wildman–Crippen LogP) is 5.45. The van der Waals surface area contributed by atoms with Crippen molar-refractivity contribution >= 4 is 23.2 Å². The molecule has 0 radical (unpaired) electrons. The number of nitrogens with one attached hydrogen (secondary N) is 1. The van der Waals surface area contributed by atoms with Crippen LogP contribution in [0, 0.1) is 0 Å². The lowest BCUT2D eigenvalue weighted by Gasteiger charge is -2.20. The smallest absolute Gasteiger partial charge is 0.0468 e. The highest BCUT2D eigenvalue weighted by Crippen LogP contribution is 2.28. The second kappa shape index (κ2) is 7.84. The Bertz CT molecular complexity index is 578. The van der Waals surface area contributed by atoms with Crippen molar-refractivity contribution in [1.82, 2.24) is 5.32 Å². The molecule has 0 aliphatic carbocycles. The Labute approximate surface area is 137 Å². The molecular weight excluding hydrogens is 301 g/mol. The standard InChI is InChI=1S/C18H21Cl2N/c1-3-13-5-7-14(8-6-13)11-18(21-4-2)16-10-9-15(19)12-17(16)20/h5-10,12,18,21H,3-4,11H2,1-2H3. The Kier molecular flexibility index (Phi) is 6.10. The van der Waals surface area contributed by atoms with Crippen LogP contribution in [0.2, 0.25) is 10.0 Å². The fourth-order valence-corrected chi connectivity index (χ4v) is 3.01. The SMILES string of the molecule is CCNC(Cc1ccc(CC)cc1)c1ccc(Cl)cc1Cl. The molecule has 0 aromatic heterocycles. The number of halogens is 2. The summed E-state index contributed by atoms with van der Waals surface area (Å²) in [7, 11) is 0. The molecule has 0 heterocycles. The van der Waals surface area contributed by atoms with Crippen molar-refractivity contribution in [1.29, 1.82) is 0 Å². The molecule has 21 heavy (non-hydrogen) atoms. The summed E-state index contributed by atoms with van der Waals surface area (Å²) in [5.74, 6) is 0. The van der Waals surface area contributed by atoms with Crippen LogP contribution >= 0.6 is 23.2 Å². The summed E-state index contributed by atoms with van der Waals surface area (Å²) >= 11 is 12.3. The van der Waals surface area contributed by atoms with Gasteiger partial charge in [0.15, 0.2) is 0 Å². The van der Waals surface area contributed by atoms with Crippen molar-refractivity contribution in [3.05, 3.63) is 69.2 Å². The van der Waals surface area contributed by atoms with E-state index in [1.807, 2.05) is 18.2 Å². The second-order valence-corrected chi connectivity index (χ2v) is 5.99. The average Bonchev–Trinajstić information content (AvgIpc) is 2.48. The van der Waals surface area contributed by atoms with Crippen LogP contribution in [-0.2, 0) is 12.8 Å². The normalized spacial score (nSPS) is 12.4. The summed E-state index contributed by atoms with van der Waals surface area (Å²) in [5, 5.41) is 4.90. The first-order chi connectivity index (χ1) is 10.1. The van der Waals surface area contributed by atoms with E-state index in [2.05, 4.69) is 43.4 Å². The molecule has 1 N–H and O–H groups in total. The highest BCUT2D eigenvalue weighted by Gasteiger charge is 2.14. The quantitative estimate of drug-likeness (QED) is 0.746. The fourth-order valence-electron chi connectivity index (χ4n) is 2.47. The van der Waals surface area contributed by atoms with E-state index < -0.39 is 0 Å². The first-order valence-electron chi connectivity index (χ1n) is 7.40. The number of likely N-dealkylation sites (N-methyl/N-ethyl adjacent to an activating group) is 1. The van der Waals surface area contributed by atoms with Gasteiger partial charge in [0.05, 0.1) is 0 Å². The molecule has 1 atom stereocenters. The van der Waals surface area contributed by atoms with Crippen LogP contribution in [0.4, 0.5) is 0 Å². The third-order valence-corrected chi connectivity index (χ3v) is 4.22. The van der Waals surface area contributed by atoms with Gasteiger partial charge >= 0.3 is 0 Å². The van der Waals surface area contributed by atoms with Crippen molar-refractivity contribution in [2.75, 3.05) is 6.54 Å². The molecule has 2 rings (SSSR count). The van der Waals surface area contributed by atoms with E-state index in [1.54, 1.807) is 0 Å². The van der Waals surface area contributed by atoms with E-state index in [9.17, 15) is 0 Å². The van der Waals surface area contributed by atoms with Gasteiger partial charge in [-0.3, -0.25) is 0 Å². The number of hydrogen-bond acceptors (Lipinski definition) is 1. The first-order valence-corrected chi connectivity index (χ1v) is 8.15. The Morgan fingerprint density at radius 3 is 2.19 bits per heavy atom. The van der Waals surface area contributed by atoms with Gasteiger partial charge in [-0.2, -0.15) is 0 Å². The third kappa shape index (κ3) is 4.47. The Morgan fingerprint density at radius 1 is 0.952 bits per heavy atom. The number of aryl methyl sites for hydroxylation is 1. The Balaban J connectivity index is 2.21. The zero-order chi connectivity index (χ0) is 15.2. The zero-order valence-corrected chi connectivity index (χ0v) is 14.0.